The molecule has 0 aromatic heterocycles. The molecule has 0 heterocycles. The van der Waals surface area contributed by atoms with Crippen molar-refractivity contribution in [3.63, 3.8) is 0 Å². The Bertz CT molecular complexity index is 1250. The van der Waals surface area contributed by atoms with Gasteiger partial charge in [-0.2, -0.15) is 0 Å². The maximum atomic E-state index is 14.2. The molecule has 0 aliphatic carbocycles. The molecule has 1 N–H and O–H groups in total. The summed E-state index contributed by atoms with van der Waals surface area (Å²) < 4.78 is 47.0. The summed E-state index contributed by atoms with van der Waals surface area (Å²) in [5.74, 6) is -0.784. The molecule has 32 heavy (non-hydrogen) atoms. The third kappa shape index (κ3) is 4.87. The number of hydrogen-bond acceptors (Lipinski definition) is 4. The van der Waals surface area contributed by atoms with Crippen molar-refractivity contribution in [2.24, 2.45) is 0 Å². The van der Waals surface area contributed by atoms with Gasteiger partial charge in [-0.15, -0.1) is 0 Å². The molecule has 6 nitrogen and oxygen atoms in total. The quantitative estimate of drug-likeness (QED) is 0.504. The predicted molar refractivity (Wildman–Crippen MR) is 124 cm³/mol. The Balaban J connectivity index is 1.90. The summed E-state index contributed by atoms with van der Waals surface area (Å²) in [4.78, 5) is 12.7. The van der Waals surface area contributed by atoms with Crippen molar-refractivity contribution in [2.75, 3.05) is 23.3 Å². The van der Waals surface area contributed by atoms with E-state index in [0.717, 1.165) is 4.31 Å². The number of ether oxygens (including phenoxy) is 1. The van der Waals surface area contributed by atoms with E-state index in [-0.39, 0.29) is 21.2 Å². The first-order chi connectivity index (χ1) is 15.1. The third-order valence-electron chi connectivity index (χ3n) is 4.82. The SMILES string of the molecule is CCOc1ccc(N(C)S(=O)(=O)c2ccc(C)c(C(=O)Nc3cccc(Cl)c3F)c2)cc1. The summed E-state index contributed by atoms with van der Waals surface area (Å²) in [5, 5.41) is 2.31. The number of aryl methyl sites for hydroxylation is 1. The topological polar surface area (TPSA) is 75.7 Å². The van der Waals surface area contributed by atoms with Crippen molar-refractivity contribution < 1.29 is 22.3 Å². The molecule has 0 spiro atoms. The van der Waals surface area contributed by atoms with Gasteiger partial charge in [0.2, 0.25) is 0 Å². The van der Waals surface area contributed by atoms with E-state index >= 15 is 0 Å². The molecule has 1 amide bonds. The van der Waals surface area contributed by atoms with E-state index in [9.17, 15) is 17.6 Å². The lowest BCUT2D eigenvalue weighted by atomic mass is 10.1. The average molecular weight is 477 g/mol. The minimum Gasteiger partial charge on any atom is -0.494 e. The number of carbonyl (C=O) groups is 1. The number of benzene rings is 3. The summed E-state index contributed by atoms with van der Waals surface area (Å²) in [7, 11) is -2.54. The maximum Gasteiger partial charge on any atom is 0.264 e. The number of nitrogens with one attached hydrogen (secondary N) is 1. The van der Waals surface area contributed by atoms with Crippen LogP contribution in [0.1, 0.15) is 22.8 Å². The van der Waals surface area contributed by atoms with Gasteiger partial charge in [-0.3, -0.25) is 9.10 Å². The zero-order valence-corrected chi connectivity index (χ0v) is 19.3. The number of rotatable bonds is 7. The van der Waals surface area contributed by atoms with Crippen LogP contribution in [0.5, 0.6) is 5.75 Å². The van der Waals surface area contributed by atoms with Gasteiger partial charge in [0.05, 0.1) is 27.9 Å². The van der Waals surface area contributed by atoms with Crippen LogP contribution in [-0.4, -0.2) is 28.0 Å². The van der Waals surface area contributed by atoms with E-state index in [1.807, 2.05) is 6.92 Å². The molecule has 168 valence electrons. The Labute approximate surface area is 191 Å². The molecule has 3 aromatic carbocycles. The number of nitrogens with zero attached hydrogens (tertiary/aromatic N) is 1. The largest absolute Gasteiger partial charge is 0.494 e. The second-order valence-electron chi connectivity index (χ2n) is 6.93. The molecule has 3 rings (SSSR count). The number of anilines is 2. The molecule has 0 unspecified atom stereocenters. The number of hydrogen-bond donors (Lipinski definition) is 1. The highest BCUT2D eigenvalue weighted by Crippen LogP contribution is 2.27. The van der Waals surface area contributed by atoms with Crippen LogP contribution < -0.4 is 14.4 Å². The normalized spacial score (nSPS) is 11.2. The first kappa shape index (κ1) is 23.6. The van der Waals surface area contributed by atoms with Gasteiger partial charge in [0.1, 0.15) is 5.75 Å². The highest BCUT2D eigenvalue weighted by Gasteiger charge is 2.24. The van der Waals surface area contributed by atoms with E-state index in [0.29, 0.717) is 23.6 Å². The van der Waals surface area contributed by atoms with Gasteiger partial charge in [-0.05, 0) is 67.9 Å². The first-order valence-electron chi connectivity index (χ1n) is 9.73. The standard InChI is InChI=1S/C23H22ClFN2O4S/c1-4-31-17-11-9-16(10-12-17)27(3)32(29,30)18-13-8-15(2)19(14-18)23(28)26-21-7-5-6-20(24)22(21)25/h5-14H,4H2,1-3H3,(H,26,28). The van der Waals surface area contributed by atoms with Gasteiger partial charge in [0.15, 0.2) is 5.82 Å². The number of amides is 1. The average Bonchev–Trinajstić information content (AvgIpc) is 2.77. The summed E-state index contributed by atoms with van der Waals surface area (Å²) >= 11 is 5.76. The Hall–Kier alpha value is -3.10. The lowest BCUT2D eigenvalue weighted by molar-refractivity contribution is 0.102. The van der Waals surface area contributed by atoms with Crippen molar-refractivity contribution in [3.8, 4) is 5.75 Å². The molecule has 0 atom stereocenters. The van der Waals surface area contributed by atoms with Crippen molar-refractivity contribution in [3.05, 3.63) is 82.6 Å². The summed E-state index contributed by atoms with van der Waals surface area (Å²) in [5.41, 5.74) is 0.973. The van der Waals surface area contributed by atoms with Crippen LogP contribution in [-0.2, 0) is 10.0 Å². The second-order valence-corrected chi connectivity index (χ2v) is 9.31. The zero-order chi connectivity index (χ0) is 23.5. The monoisotopic (exact) mass is 476 g/mol. The van der Waals surface area contributed by atoms with Gasteiger partial charge in [0, 0.05) is 12.6 Å². The number of sulfonamides is 1. The lowest BCUT2D eigenvalue weighted by Gasteiger charge is -2.20. The molecule has 9 heteroatoms. The van der Waals surface area contributed by atoms with Gasteiger partial charge < -0.3 is 10.1 Å². The molecule has 0 fully saturated rings. The fraction of sp³-hybridized carbons (Fsp3) is 0.174. The molecule has 0 aliphatic rings. The van der Waals surface area contributed by atoms with Crippen LogP contribution in [0, 0.1) is 12.7 Å². The summed E-state index contributed by atoms with van der Waals surface area (Å²) in [6.07, 6.45) is 0. The molecule has 0 bridgehead atoms. The molecular formula is C23H22ClFN2O4S. The van der Waals surface area contributed by atoms with Crippen LogP contribution in [0.25, 0.3) is 0 Å². The number of carbonyl (C=O) groups excluding carboxylic acids is 1. The van der Waals surface area contributed by atoms with Crippen molar-refractivity contribution >= 4 is 38.9 Å². The van der Waals surface area contributed by atoms with E-state index in [2.05, 4.69) is 5.32 Å². The van der Waals surface area contributed by atoms with Crippen LogP contribution in [0.4, 0.5) is 15.8 Å². The van der Waals surface area contributed by atoms with Crippen molar-refractivity contribution in [1.29, 1.82) is 0 Å². The first-order valence-corrected chi connectivity index (χ1v) is 11.5. The van der Waals surface area contributed by atoms with Crippen LogP contribution in [0.15, 0.2) is 65.6 Å². The van der Waals surface area contributed by atoms with E-state index in [1.165, 1.54) is 43.4 Å². The summed E-state index contributed by atoms with van der Waals surface area (Å²) in [6, 6.07) is 15.1. The molecule has 3 aromatic rings. The fourth-order valence-corrected chi connectivity index (χ4v) is 4.41. The number of halogens is 2. The molecule has 0 saturated carbocycles. The van der Waals surface area contributed by atoms with Crippen LogP contribution in [0.3, 0.4) is 0 Å². The van der Waals surface area contributed by atoms with Gasteiger partial charge >= 0.3 is 0 Å². The molecule has 0 saturated heterocycles. The van der Waals surface area contributed by atoms with E-state index in [4.69, 9.17) is 16.3 Å². The molecular weight excluding hydrogens is 455 g/mol. The highest BCUT2D eigenvalue weighted by atomic mass is 35.5. The molecule has 0 aliphatic heterocycles. The molecule has 0 radical (unpaired) electrons. The van der Waals surface area contributed by atoms with E-state index < -0.39 is 21.7 Å². The Morgan fingerprint density at radius 1 is 1.12 bits per heavy atom. The van der Waals surface area contributed by atoms with E-state index in [1.54, 1.807) is 31.2 Å². The predicted octanol–water partition coefficient (Wildman–Crippen LogP) is 5.26. The van der Waals surface area contributed by atoms with Crippen molar-refractivity contribution in [1.82, 2.24) is 0 Å². The smallest absolute Gasteiger partial charge is 0.264 e. The Kier molecular flexibility index (Phi) is 7.06. The van der Waals surface area contributed by atoms with Crippen LogP contribution in [0.2, 0.25) is 5.02 Å². The van der Waals surface area contributed by atoms with Crippen LogP contribution >= 0.6 is 11.6 Å². The Morgan fingerprint density at radius 2 is 1.81 bits per heavy atom. The minimum atomic E-state index is -3.96. The zero-order valence-electron chi connectivity index (χ0n) is 17.7. The van der Waals surface area contributed by atoms with Gasteiger partial charge in [-0.25, -0.2) is 12.8 Å². The van der Waals surface area contributed by atoms with Gasteiger partial charge in [0.25, 0.3) is 15.9 Å². The lowest BCUT2D eigenvalue weighted by Crippen LogP contribution is -2.27. The minimum absolute atomic E-state index is 0.0730. The second kappa shape index (κ2) is 9.58. The van der Waals surface area contributed by atoms with Gasteiger partial charge in [-0.1, -0.05) is 23.7 Å². The fourth-order valence-electron chi connectivity index (χ4n) is 3.01. The Morgan fingerprint density at radius 3 is 2.47 bits per heavy atom. The maximum absolute atomic E-state index is 14.2. The van der Waals surface area contributed by atoms with Crippen molar-refractivity contribution in [2.45, 2.75) is 18.7 Å². The highest BCUT2D eigenvalue weighted by molar-refractivity contribution is 7.92. The summed E-state index contributed by atoms with van der Waals surface area (Å²) in [6.45, 7) is 4.02. The third-order valence-corrected chi connectivity index (χ3v) is 6.90.